The first-order valence-electron chi connectivity index (χ1n) is 8.21. The minimum Gasteiger partial charge on any atom is -0.423 e. The number of amides is 2. The molecule has 1 aliphatic rings. The highest BCUT2D eigenvalue weighted by Crippen LogP contribution is 2.41. The predicted octanol–water partition coefficient (Wildman–Crippen LogP) is 2.93. The molecule has 0 unspecified atom stereocenters. The molecule has 2 amide bonds. The third-order valence-electron chi connectivity index (χ3n) is 4.13. The maximum atomic E-state index is 14.7. The molecule has 3 N–H and O–H groups in total. The Kier molecular flexibility index (Phi) is 4.73. The van der Waals surface area contributed by atoms with Crippen LogP contribution in [0.4, 0.5) is 20.6 Å². The predicted molar refractivity (Wildman–Crippen MR) is 99.2 cm³/mol. The summed E-state index contributed by atoms with van der Waals surface area (Å²) in [4.78, 5) is 14.5. The zero-order valence-electron chi connectivity index (χ0n) is 14.1. The van der Waals surface area contributed by atoms with E-state index in [9.17, 15) is 9.18 Å². The Morgan fingerprint density at radius 1 is 1.30 bits per heavy atom. The molecule has 1 aliphatic heterocycles. The molecule has 2 aromatic heterocycles. The first kappa shape index (κ1) is 17.4. The van der Waals surface area contributed by atoms with Crippen molar-refractivity contribution in [2.75, 3.05) is 36.5 Å². The molecule has 1 aromatic carbocycles. The van der Waals surface area contributed by atoms with E-state index in [2.05, 4.69) is 15.5 Å². The van der Waals surface area contributed by atoms with E-state index in [4.69, 9.17) is 14.9 Å². The molecule has 0 radical (unpaired) electrons. The summed E-state index contributed by atoms with van der Waals surface area (Å²) in [6, 6.07) is 6.06. The minimum absolute atomic E-state index is 0.250. The Morgan fingerprint density at radius 2 is 2.11 bits per heavy atom. The number of carbonyl (C=O) groups is 1. The molecule has 1 saturated heterocycles. The number of rotatable bonds is 4. The van der Waals surface area contributed by atoms with Gasteiger partial charge in [-0.3, -0.25) is 0 Å². The smallest absolute Gasteiger partial charge is 0.316 e. The number of primary amides is 1. The fourth-order valence-electron chi connectivity index (χ4n) is 2.91. The van der Waals surface area contributed by atoms with E-state index in [0.29, 0.717) is 48.1 Å². The highest BCUT2D eigenvalue weighted by molar-refractivity contribution is 7.19. The largest absolute Gasteiger partial charge is 0.423 e. The Balaban J connectivity index is 1.68. The molecule has 4 rings (SSSR count). The van der Waals surface area contributed by atoms with E-state index in [1.165, 1.54) is 23.8 Å². The lowest BCUT2D eigenvalue weighted by Crippen LogP contribution is -2.36. The molecule has 0 bridgehead atoms. The van der Waals surface area contributed by atoms with Crippen LogP contribution in [0.2, 0.25) is 0 Å². The van der Waals surface area contributed by atoms with Gasteiger partial charge in [0.05, 0.1) is 24.6 Å². The van der Waals surface area contributed by atoms with Gasteiger partial charge < -0.3 is 25.1 Å². The van der Waals surface area contributed by atoms with E-state index in [0.717, 1.165) is 4.88 Å². The second kappa shape index (κ2) is 7.33. The van der Waals surface area contributed by atoms with E-state index >= 15 is 0 Å². The van der Waals surface area contributed by atoms with Gasteiger partial charge in [-0.25, -0.2) is 9.18 Å². The monoisotopic (exact) mass is 389 g/mol. The highest BCUT2D eigenvalue weighted by Gasteiger charge is 2.20. The molecule has 140 valence electrons. The maximum Gasteiger partial charge on any atom is 0.316 e. The van der Waals surface area contributed by atoms with E-state index in [1.54, 1.807) is 12.1 Å². The van der Waals surface area contributed by atoms with Crippen LogP contribution in [0, 0.1) is 5.82 Å². The third kappa shape index (κ3) is 3.62. The van der Waals surface area contributed by atoms with Crippen molar-refractivity contribution in [1.29, 1.82) is 0 Å². The summed E-state index contributed by atoms with van der Waals surface area (Å²) < 4.78 is 25.2. The van der Waals surface area contributed by atoms with Gasteiger partial charge in [-0.2, -0.15) is 0 Å². The van der Waals surface area contributed by atoms with Gasteiger partial charge in [-0.05, 0) is 23.8 Å². The van der Waals surface area contributed by atoms with Crippen molar-refractivity contribution in [3.8, 4) is 21.2 Å². The highest BCUT2D eigenvalue weighted by atomic mass is 32.1. The lowest BCUT2D eigenvalue weighted by atomic mass is 10.1. The number of hydrogen-bond acceptors (Lipinski definition) is 7. The molecule has 3 heterocycles. The van der Waals surface area contributed by atoms with Crippen LogP contribution in [0.25, 0.3) is 21.2 Å². The number of urea groups is 1. The van der Waals surface area contributed by atoms with Gasteiger partial charge in [0, 0.05) is 18.0 Å². The van der Waals surface area contributed by atoms with Crippen LogP contribution in [0.1, 0.15) is 0 Å². The molecule has 3 aromatic rings. The van der Waals surface area contributed by atoms with Crippen molar-refractivity contribution in [2.24, 2.45) is 5.73 Å². The van der Waals surface area contributed by atoms with Crippen LogP contribution >= 0.6 is 11.3 Å². The summed E-state index contributed by atoms with van der Waals surface area (Å²) in [6.07, 6.45) is 1.19. The van der Waals surface area contributed by atoms with Gasteiger partial charge in [-0.1, -0.05) is 6.07 Å². The average Bonchev–Trinajstić information content (AvgIpc) is 3.31. The summed E-state index contributed by atoms with van der Waals surface area (Å²) in [5.41, 5.74) is 6.89. The minimum atomic E-state index is -0.714. The molecule has 0 spiro atoms. The third-order valence-corrected chi connectivity index (χ3v) is 5.30. The van der Waals surface area contributed by atoms with Crippen LogP contribution in [0.3, 0.4) is 0 Å². The van der Waals surface area contributed by atoms with Gasteiger partial charge in [-0.15, -0.1) is 21.5 Å². The van der Waals surface area contributed by atoms with Crippen LogP contribution in [0.5, 0.6) is 0 Å². The Hall–Kier alpha value is -2.98. The molecule has 10 heteroatoms. The zero-order chi connectivity index (χ0) is 18.8. The normalized spacial score (nSPS) is 14.3. The number of ether oxygens (including phenoxy) is 1. The lowest BCUT2D eigenvalue weighted by Gasteiger charge is -2.29. The molecule has 0 saturated carbocycles. The second-order valence-corrected chi connectivity index (χ2v) is 6.90. The maximum absolute atomic E-state index is 14.7. The van der Waals surface area contributed by atoms with Crippen molar-refractivity contribution in [1.82, 2.24) is 10.2 Å². The zero-order valence-corrected chi connectivity index (χ0v) is 15.0. The van der Waals surface area contributed by atoms with Gasteiger partial charge in [0.25, 0.3) is 5.89 Å². The topological polar surface area (TPSA) is 107 Å². The standard InChI is InChI=1S/C17H16FN5O3S/c18-11-7-10(1-2-13(11)23-3-5-25-6-4-23)14-8-12(21-17(19)24)15(27-14)16-22-20-9-26-16/h1-2,7-9H,3-6H2,(H3,19,21,24). The summed E-state index contributed by atoms with van der Waals surface area (Å²) >= 11 is 1.30. The number of halogens is 1. The molecular formula is C17H16FN5O3S. The summed E-state index contributed by atoms with van der Waals surface area (Å²) in [5, 5.41) is 10.0. The molecular weight excluding hydrogens is 373 g/mol. The molecule has 27 heavy (non-hydrogen) atoms. The number of hydrogen-bond donors (Lipinski definition) is 2. The molecule has 8 nitrogen and oxygen atoms in total. The quantitative estimate of drug-likeness (QED) is 0.711. The average molecular weight is 389 g/mol. The van der Waals surface area contributed by atoms with Gasteiger partial charge in [0.15, 0.2) is 0 Å². The van der Waals surface area contributed by atoms with E-state index < -0.39 is 6.03 Å². The molecule has 0 aliphatic carbocycles. The van der Waals surface area contributed by atoms with Crippen LogP contribution in [-0.4, -0.2) is 42.5 Å². The Morgan fingerprint density at radius 3 is 2.78 bits per heavy atom. The van der Waals surface area contributed by atoms with Crippen molar-refractivity contribution in [3.63, 3.8) is 0 Å². The van der Waals surface area contributed by atoms with Gasteiger partial charge in [0.1, 0.15) is 10.7 Å². The number of anilines is 2. The first-order chi connectivity index (χ1) is 13.1. The van der Waals surface area contributed by atoms with Crippen molar-refractivity contribution in [2.45, 2.75) is 0 Å². The second-order valence-electron chi connectivity index (χ2n) is 5.85. The fraction of sp³-hybridized carbons (Fsp3) is 0.235. The summed E-state index contributed by atoms with van der Waals surface area (Å²) in [5.74, 6) is -0.0630. The number of nitrogens with zero attached hydrogens (tertiary/aromatic N) is 3. The molecule has 0 atom stereocenters. The van der Waals surface area contributed by atoms with Crippen molar-refractivity contribution < 1.29 is 18.3 Å². The number of morpholine rings is 1. The Bertz CT molecular complexity index is 954. The molecule has 1 fully saturated rings. The van der Waals surface area contributed by atoms with Gasteiger partial charge >= 0.3 is 6.03 Å². The number of nitrogens with one attached hydrogen (secondary N) is 1. The summed E-state index contributed by atoms with van der Waals surface area (Å²) in [7, 11) is 0. The summed E-state index contributed by atoms with van der Waals surface area (Å²) in [6.45, 7) is 2.48. The van der Waals surface area contributed by atoms with Crippen LogP contribution in [0.15, 0.2) is 35.1 Å². The number of aromatic nitrogens is 2. The van der Waals surface area contributed by atoms with Crippen LogP contribution in [-0.2, 0) is 4.74 Å². The number of thiophene rings is 1. The van der Waals surface area contributed by atoms with E-state index in [-0.39, 0.29) is 11.7 Å². The first-order valence-corrected chi connectivity index (χ1v) is 9.03. The van der Waals surface area contributed by atoms with Crippen molar-refractivity contribution >= 4 is 28.7 Å². The van der Waals surface area contributed by atoms with Crippen molar-refractivity contribution in [3.05, 3.63) is 36.5 Å². The fourth-order valence-corrected chi connectivity index (χ4v) is 3.95. The number of benzene rings is 1. The van der Waals surface area contributed by atoms with E-state index in [1.807, 2.05) is 11.0 Å². The van der Waals surface area contributed by atoms with Gasteiger partial charge in [0.2, 0.25) is 6.39 Å². The number of nitrogens with two attached hydrogens (primary N) is 1. The Labute approximate surface area is 157 Å². The number of carbonyl (C=O) groups excluding carboxylic acids is 1. The van der Waals surface area contributed by atoms with Crippen LogP contribution < -0.4 is 16.0 Å². The lowest BCUT2D eigenvalue weighted by molar-refractivity contribution is 0.122. The SMILES string of the molecule is NC(=O)Nc1cc(-c2ccc(N3CCOCC3)c(F)c2)sc1-c1nnco1.